The fourth-order valence-electron chi connectivity index (χ4n) is 8.17. The molecule has 0 aromatic heterocycles. The fraction of sp³-hybridized carbons (Fsp3) is 0.560. The summed E-state index contributed by atoms with van der Waals surface area (Å²) < 4.78 is 16.9. The third-order valence-electron chi connectivity index (χ3n) is 12.9. The van der Waals surface area contributed by atoms with Crippen molar-refractivity contribution in [3.8, 4) is 0 Å². The predicted octanol–water partition coefficient (Wildman–Crippen LogP) is 22.4. The van der Waals surface area contributed by atoms with Gasteiger partial charge in [0, 0.05) is 19.3 Å². The molecular formula is C75H116O6. The van der Waals surface area contributed by atoms with Crippen molar-refractivity contribution in [1.29, 1.82) is 0 Å². The van der Waals surface area contributed by atoms with Crippen molar-refractivity contribution >= 4 is 17.9 Å². The molecule has 0 N–H and O–H groups in total. The minimum atomic E-state index is -0.818. The highest BCUT2D eigenvalue weighted by Crippen LogP contribution is 2.13. The largest absolute Gasteiger partial charge is 0.462 e. The minimum Gasteiger partial charge on any atom is -0.462 e. The van der Waals surface area contributed by atoms with E-state index in [4.69, 9.17) is 14.2 Å². The Balaban J connectivity index is 4.53. The summed E-state index contributed by atoms with van der Waals surface area (Å²) in [6, 6.07) is 0. The average molecular weight is 1110 g/mol. The molecule has 0 saturated heterocycles. The van der Waals surface area contributed by atoms with Crippen LogP contribution in [0.15, 0.2) is 182 Å². The second-order valence-corrected chi connectivity index (χ2v) is 20.5. The maximum atomic E-state index is 12.9. The molecule has 0 spiro atoms. The lowest BCUT2D eigenvalue weighted by molar-refractivity contribution is -0.167. The van der Waals surface area contributed by atoms with E-state index in [2.05, 4.69) is 203 Å². The van der Waals surface area contributed by atoms with Crippen molar-refractivity contribution in [3.05, 3.63) is 182 Å². The summed E-state index contributed by atoms with van der Waals surface area (Å²) in [5, 5.41) is 0. The summed E-state index contributed by atoms with van der Waals surface area (Å²) >= 11 is 0. The van der Waals surface area contributed by atoms with Crippen LogP contribution in [0.25, 0.3) is 0 Å². The average Bonchev–Trinajstić information content (AvgIpc) is 3.47. The van der Waals surface area contributed by atoms with E-state index in [0.717, 1.165) is 199 Å². The second-order valence-electron chi connectivity index (χ2n) is 20.5. The molecule has 0 saturated carbocycles. The zero-order chi connectivity index (χ0) is 58.5. The maximum Gasteiger partial charge on any atom is 0.306 e. The zero-order valence-corrected chi connectivity index (χ0v) is 51.7. The van der Waals surface area contributed by atoms with Crippen LogP contribution < -0.4 is 0 Å². The zero-order valence-electron chi connectivity index (χ0n) is 51.7. The van der Waals surface area contributed by atoms with Crippen molar-refractivity contribution < 1.29 is 28.6 Å². The molecule has 0 heterocycles. The number of hydrogen-bond donors (Lipinski definition) is 0. The van der Waals surface area contributed by atoms with Gasteiger partial charge < -0.3 is 14.2 Å². The molecule has 6 heteroatoms. The van der Waals surface area contributed by atoms with Gasteiger partial charge >= 0.3 is 17.9 Å². The molecule has 1 unspecified atom stereocenters. The van der Waals surface area contributed by atoms with Gasteiger partial charge in [0.1, 0.15) is 13.2 Å². The maximum absolute atomic E-state index is 12.9. The van der Waals surface area contributed by atoms with E-state index in [0.29, 0.717) is 12.8 Å². The van der Waals surface area contributed by atoms with E-state index < -0.39 is 6.10 Å². The van der Waals surface area contributed by atoms with Crippen LogP contribution in [0, 0.1) is 0 Å². The lowest BCUT2D eigenvalue weighted by atomic mass is 10.1. The molecule has 0 rings (SSSR count). The van der Waals surface area contributed by atoms with Crippen LogP contribution in [0.2, 0.25) is 0 Å². The Morgan fingerprint density at radius 2 is 0.444 bits per heavy atom. The quantitative estimate of drug-likeness (QED) is 0.0261. The SMILES string of the molecule is CC/C=C\C/C=C\C/C=C\C/C=C\C/C=C\C/C=C\CCCCCCCCC(=O)OCC(COC(=O)CCCCCC/C=C\C/C=C\C/C=C\C/C=C\CC)OC(=O)CCCCCCC/C=C\C/C=C\C/C=C\C/C=C\C/C=C\CC. The van der Waals surface area contributed by atoms with Crippen molar-refractivity contribution in [1.82, 2.24) is 0 Å². The van der Waals surface area contributed by atoms with Crippen LogP contribution in [0.5, 0.6) is 0 Å². The van der Waals surface area contributed by atoms with E-state index in [1.807, 2.05) is 0 Å². The van der Waals surface area contributed by atoms with Crippen molar-refractivity contribution in [2.75, 3.05) is 13.2 Å². The Hall–Kier alpha value is -5.49. The smallest absolute Gasteiger partial charge is 0.306 e. The molecule has 81 heavy (non-hydrogen) atoms. The lowest BCUT2D eigenvalue weighted by Crippen LogP contribution is -2.30. The minimum absolute atomic E-state index is 0.112. The summed E-state index contributed by atoms with van der Waals surface area (Å²) in [4.78, 5) is 38.4. The molecular weight excluding hydrogens is 997 g/mol. The standard InChI is InChI=1S/C75H116O6/c1-4-7-10-13-16-19-22-25-28-31-33-35-36-37-38-40-41-44-47-50-53-56-59-62-65-68-74(77)80-71-72(70-79-73(76)67-64-61-58-55-52-49-46-43-30-27-24-21-18-15-12-9-6-3)81-75(78)69-66-63-60-57-54-51-48-45-42-39-34-32-29-26-23-20-17-14-11-8-5-2/h7-12,16-21,25-30,33-35,37-39,41,44-46,48-49,72H,4-6,13-15,22-24,31-32,36,40,42-43,47,50-71H2,1-3H3/b10-7-,11-8-,12-9-,19-16-,20-17-,21-18-,28-25-,29-26-,30-27-,35-33-,38-37-,39-34-,44-41-,48-45-,49-46-. The number of carbonyl (C=O) groups excluding carboxylic acids is 3. The molecule has 0 aliphatic carbocycles. The van der Waals surface area contributed by atoms with Crippen molar-refractivity contribution in [2.45, 2.75) is 258 Å². The van der Waals surface area contributed by atoms with Gasteiger partial charge in [-0.1, -0.05) is 261 Å². The van der Waals surface area contributed by atoms with Crippen LogP contribution in [0.1, 0.15) is 252 Å². The van der Waals surface area contributed by atoms with Crippen LogP contribution in [0.3, 0.4) is 0 Å². The fourth-order valence-corrected chi connectivity index (χ4v) is 8.17. The Morgan fingerprint density at radius 3 is 0.691 bits per heavy atom. The summed E-state index contributed by atoms with van der Waals surface area (Å²) in [5.74, 6) is -0.974. The van der Waals surface area contributed by atoms with Crippen molar-refractivity contribution in [2.24, 2.45) is 0 Å². The Kier molecular flexibility index (Phi) is 62.5. The summed E-state index contributed by atoms with van der Waals surface area (Å²) in [6.45, 7) is 6.24. The molecule has 0 aliphatic rings. The summed E-state index contributed by atoms with van der Waals surface area (Å²) in [6.07, 6.45) is 100. The van der Waals surface area contributed by atoms with Gasteiger partial charge in [-0.15, -0.1) is 0 Å². The van der Waals surface area contributed by atoms with Crippen molar-refractivity contribution in [3.63, 3.8) is 0 Å². The third-order valence-corrected chi connectivity index (χ3v) is 12.9. The number of unbranched alkanes of at least 4 members (excludes halogenated alkanes) is 15. The van der Waals surface area contributed by atoms with Gasteiger partial charge in [0.25, 0.3) is 0 Å². The van der Waals surface area contributed by atoms with Crippen LogP contribution in [0.4, 0.5) is 0 Å². The van der Waals surface area contributed by atoms with Crippen LogP contribution in [-0.2, 0) is 28.6 Å². The molecule has 0 bridgehead atoms. The molecule has 0 aliphatic heterocycles. The van der Waals surface area contributed by atoms with E-state index in [-0.39, 0.29) is 37.5 Å². The monoisotopic (exact) mass is 1110 g/mol. The number of hydrogen-bond acceptors (Lipinski definition) is 6. The molecule has 0 aromatic carbocycles. The Morgan fingerprint density at radius 1 is 0.247 bits per heavy atom. The summed E-state index contributed by atoms with van der Waals surface area (Å²) in [7, 11) is 0. The number of esters is 3. The molecule has 1 atom stereocenters. The van der Waals surface area contributed by atoms with E-state index in [1.165, 1.54) is 12.8 Å². The normalized spacial score (nSPS) is 13.4. The third kappa shape index (κ3) is 65.2. The Bertz CT molecular complexity index is 1900. The van der Waals surface area contributed by atoms with E-state index in [9.17, 15) is 14.4 Å². The van der Waals surface area contributed by atoms with E-state index in [1.54, 1.807) is 0 Å². The van der Waals surface area contributed by atoms with Gasteiger partial charge in [-0.3, -0.25) is 14.4 Å². The Labute approximate surface area is 497 Å². The predicted molar refractivity (Wildman–Crippen MR) is 352 cm³/mol. The van der Waals surface area contributed by atoms with Gasteiger partial charge in [-0.25, -0.2) is 0 Å². The lowest BCUT2D eigenvalue weighted by Gasteiger charge is -2.18. The molecule has 0 radical (unpaired) electrons. The van der Waals surface area contributed by atoms with Gasteiger partial charge in [0.2, 0.25) is 0 Å². The van der Waals surface area contributed by atoms with Gasteiger partial charge in [0.05, 0.1) is 0 Å². The van der Waals surface area contributed by atoms with Gasteiger partial charge in [0.15, 0.2) is 6.10 Å². The second kappa shape index (κ2) is 67.0. The highest BCUT2D eigenvalue weighted by molar-refractivity contribution is 5.71. The first-order valence-electron chi connectivity index (χ1n) is 32.3. The van der Waals surface area contributed by atoms with Gasteiger partial charge in [-0.2, -0.15) is 0 Å². The highest BCUT2D eigenvalue weighted by Gasteiger charge is 2.19. The molecule has 452 valence electrons. The van der Waals surface area contributed by atoms with Crippen LogP contribution >= 0.6 is 0 Å². The van der Waals surface area contributed by atoms with E-state index >= 15 is 0 Å². The number of allylic oxidation sites excluding steroid dienone is 30. The first kappa shape index (κ1) is 75.5. The topological polar surface area (TPSA) is 78.9 Å². The molecule has 0 aromatic rings. The molecule has 0 fully saturated rings. The van der Waals surface area contributed by atoms with Gasteiger partial charge in [-0.05, 0) is 154 Å². The number of ether oxygens (including phenoxy) is 3. The first-order chi connectivity index (χ1) is 40.0. The van der Waals surface area contributed by atoms with Crippen LogP contribution in [-0.4, -0.2) is 37.2 Å². The number of rotatable bonds is 56. The highest BCUT2D eigenvalue weighted by atomic mass is 16.6. The first-order valence-corrected chi connectivity index (χ1v) is 32.3. The molecule has 6 nitrogen and oxygen atoms in total. The summed E-state index contributed by atoms with van der Waals surface area (Å²) in [5.41, 5.74) is 0. The molecule has 0 amide bonds. The number of carbonyl (C=O) groups is 3.